The van der Waals surface area contributed by atoms with Crippen molar-refractivity contribution in [3.63, 3.8) is 0 Å². The van der Waals surface area contributed by atoms with Crippen LogP contribution in [0, 0.1) is 5.82 Å². The van der Waals surface area contributed by atoms with Gasteiger partial charge in [0.2, 0.25) is 0 Å². The fraction of sp³-hybridized carbons (Fsp3) is 0.500. The lowest BCUT2D eigenvalue weighted by Gasteiger charge is -2.26. The lowest BCUT2D eigenvalue weighted by atomic mass is 9.96. The maximum atomic E-state index is 13.8. The number of amides is 2. The molecule has 0 heterocycles. The summed E-state index contributed by atoms with van der Waals surface area (Å²) in [5, 5.41) is 11.3. The van der Waals surface area contributed by atoms with Crippen molar-refractivity contribution in [1.82, 2.24) is 4.90 Å². The van der Waals surface area contributed by atoms with Crippen LogP contribution in [0.3, 0.4) is 0 Å². The van der Waals surface area contributed by atoms with Gasteiger partial charge in [-0.2, -0.15) is 0 Å². The minimum atomic E-state index is -0.487. The summed E-state index contributed by atoms with van der Waals surface area (Å²) in [6.07, 6.45) is 3.16. The smallest absolute Gasteiger partial charge is 0.321 e. The molecule has 5 nitrogen and oxygen atoms in total. The van der Waals surface area contributed by atoms with Gasteiger partial charge in [0.1, 0.15) is 0 Å². The number of hydrogen-bond acceptors (Lipinski definition) is 3. The molecule has 110 valence electrons. The van der Waals surface area contributed by atoms with Crippen LogP contribution in [0.5, 0.6) is 5.75 Å². The van der Waals surface area contributed by atoms with Crippen LogP contribution in [0.4, 0.5) is 14.9 Å². The second kappa shape index (κ2) is 6.56. The molecular weight excluding hydrogens is 263 g/mol. The number of benzene rings is 1. The Morgan fingerprint density at radius 3 is 2.85 bits per heavy atom. The van der Waals surface area contributed by atoms with Gasteiger partial charge in [0.15, 0.2) is 11.6 Å². The number of carbonyl (C=O) groups is 1. The van der Waals surface area contributed by atoms with Gasteiger partial charge in [0.05, 0.1) is 12.7 Å². The summed E-state index contributed by atoms with van der Waals surface area (Å²) in [6.45, 7) is 0.101. The van der Waals surface area contributed by atoms with Crippen molar-refractivity contribution in [2.75, 3.05) is 25.5 Å². The SMILES string of the molecule is CN(CCO)C(=O)Nc1ccc(OC2CCC2)c(F)c1. The molecule has 0 bridgehead atoms. The number of nitrogens with one attached hydrogen (secondary N) is 1. The number of likely N-dealkylation sites (N-methyl/N-ethyl adjacent to an activating group) is 1. The van der Waals surface area contributed by atoms with Gasteiger partial charge < -0.3 is 20.1 Å². The Bertz CT molecular complexity index is 477. The first kappa shape index (κ1) is 14.6. The maximum absolute atomic E-state index is 13.8. The first-order valence-corrected chi connectivity index (χ1v) is 6.69. The normalized spacial score (nSPS) is 14.6. The predicted octanol–water partition coefficient (Wildman–Crippen LogP) is 2.21. The van der Waals surface area contributed by atoms with E-state index in [1.54, 1.807) is 13.1 Å². The molecule has 1 fully saturated rings. The molecule has 6 heteroatoms. The van der Waals surface area contributed by atoms with Crippen molar-refractivity contribution < 1.29 is 19.0 Å². The molecule has 0 aliphatic heterocycles. The zero-order chi connectivity index (χ0) is 14.5. The molecule has 0 aromatic heterocycles. The summed E-state index contributed by atoms with van der Waals surface area (Å²) in [5.41, 5.74) is 0.359. The van der Waals surface area contributed by atoms with Gasteiger partial charge >= 0.3 is 6.03 Å². The molecule has 0 atom stereocenters. The topological polar surface area (TPSA) is 61.8 Å². The molecular formula is C14H19FN2O3. The van der Waals surface area contributed by atoms with Gasteiger partial charge in [-0.15, -0.1) is 0 Å². The van der Waals surface area contributed by atoms with Crippen molar-refractivity contribution >= 4 is 11.7 Å². The van der Waals surface area contributed by atoms with E-state index in [1.165, 1.54) is 17.0 Å². The van der Waals surface area contributed by atoms with Crippen molar-refractivity contribution in [2.24, 2.45) is 0 Å². The van der Waals surface area contributed by atoms with Gasteiger partial charge in [-0.3, -0.25) is 0 Å². The third-order valence-electron chi connectivity index (χ3n) is 3.31. The summed E-state index contributed by atoms with van der Waals surface area (Å²) in [6, 6.07) is 3.96. The van der Waals surface area contributed by atoms with E-state index in [0.717, 1.165) is 19.3 Å². The Hall–Kier alpha value is -1.82. The van der Waals surface area contributed by atoms with E-state index in [2.05, 4.69) is 5.32 Å². The fourth-order valence-corrected chi connectivity index (χ4v) is 1.81. The second-order valence-corrected chi connectivity index (χ2v) is 4.89. The zero-order valence-electron chi connectivity index (χ0n) is 11.4. The number of aliphatic hydroxyl groups is 1. The molecule has 1 aromatic rings. The summed E-state index contributed by atoms with van der Waals surface area (Å²) >= 11 is 0. The molecule has 1 aliphatic carbocycles. The summed E-state index contributed by atoms with van der Waals surface area (Å²) in [4.78, 5) is 13.0. The highest BCUT2D eigenvalue weighted by Crippen LogP contribution is 2.28. The number of aliphatic hydroxyl groups excluding tert-OH is 1. The van der Waals surface area contributed by atoms with Crippen molar-refractivity contribution in [3.8, 4) is 5.75 Å². The minimum absolute atomic E-state index is 0.112. The standard InChI is InChI=1S/C14H19FN2O3/c1-17(7-8-18)14(19)16-10-5-6-13(12(15)9-10)20-11-3-2-4-11/h5-6,9,11,18H,2-4,7-8H2,1H3,(H,16,19). The highest BCUT2D eigenvalue weighted by molar-refractivity contribution is 5.89. The number of hydrogen-bond donors (Lipinski definition) is 2. The molecule has 0 saturated heterocycles. The maximum Gasteiger partial charge on any atom is 0.321 e. The first-order valence-electron chi connectivity index (χ1n) is 6.69. The molecule has 1 aromatic carbocycles. The number of ether oxygens (including phenoxy) is 1. The van der Waals surface area contributed by atoms with Gasteiger partial charge in [-0.25, -0.2) is 9.18 Å². The second-order valence-electron chi connectivity index (χ2n) is 4.89. The van der Waals surface area contributed by atoms with E-state index in [0.29, 0.717) is 5.69 Å². The van der Waals surface area contributed by atoms with Crippen LogP contribution in [-0.2, 0) is 0 Å². The van der Waals surface area contributed by atoms with Crippen LogP contribution in [0.2, 0.25) is 0 Å². The Kier molecular flexibility index (Phi) is 4.79. The van der Waals surface area contributed by atoms with Crippen LogP contribution < -0.4 is 10.1 Å². The Labute approximate surface area is 117 Å². The van der Waals surface area contributed by atoms with Crippen LogP contribution >= 0.6 is 0 Å². The van der Waals surface area contributed by atoms with Crippen LogP contribution in [0.25, 0.3) is 0 Å². The van der Waals surface area contributed by atoms with Crippen molar-refractivity contribution in [2.45, 2.75) is 25.4 Å². The molecule has 2 N–H and O–H groups in total. The van der Waals surface area contributed by atoms with Gasteiger partial charge in [-0.1, -0.05) is 0 Å². The summed E-state index contributed by atoms with van der Waals surface area (Å²) in [5.74, 6) is -0.268. The molecule has 0 unspecified atom stereocenters. The Morgan fingerprint density at radius 1 is 1.55 bits per heavy atom. The van der Waals surface area contributed by atoms with E-state index in [1.807, 2.05) is 0 Å². The van der Waals surface area contributed by atoms with E-state index in [4.69, 9.17) is 9.84 Å². The molecule has 2 rings (SSSR count). The quantitative estimate of drug-likeness (QED) is 0.870. The number of anilines is 1. The van der Waals surface area contributed by atoms with Crippen molar-refractivity contribution in [3.05, 3.63) is 24.0 Å². The first-order chi connectivity index (χ1) is 9.60. The predicted molar refractivity (Wildman–Crippen MR) is 73.4 cm³/mol. The average Bonchev–Trinajstić information content (AvgIpc) is 2.36. The van der Waals surface area contributed by atoms with E-state index < -0.39 is 11.8 Å². The van der Waals surface area contributed by atoms with Crippen LogP contribution in [0.1, 0.15) is 19.3 Å². The van der Waals surface area contributed by atoms with E-state index in [9.17, 15) is 9.18 Å². The zero-order valence-corrected chi connectivity index (χ0v) is 11.4. The number of rotatable bonds is 5. The lowest BCUT2D eigenvalue weighted by Crippen LogP contribution is -2.33. The van der Waals surface area contributed by atoms with Crippen molar-refractivity contribution in [1.29, 1.82) is 0 Å². The van der Waals surface area contributed by atoms with Crippen LogP contribution in [-0.4, -0.2) is 42.3 Å². The summed E-state index contributed by atoms with van der Waals surface area (Å²) in [7, 11) is 1.55. The third kappa shape index (κ3) is 3.60. The largest absolute Gasteiger partial charge is 0.487 e. The minimum Gasteiger partial charge on any atom is -0.487 e. The number of carbonyl (C=O) groups excluding carboxylic acids is 1. The fourth-order valence-electron chi connectivity index (χ4n) is 1.81. The van der Waals surface area contributed by atoms with Gasteiger partial charge in [-0.05, 0) is 31.4 Å². The average molecular weight is 282 g/mol. The molecule has 1 saturated carbocycles. The third-order valence-corrected chi connectivity index (χ3v) is 3.31. The highest BCUT2D eigenvalue weighted by atomic mass is 19.1. The lowest BCUT2D eigenvalue weighted by molar-refractivity contribution is 0.115. The molecule has 1 aliphatic rings. The molecule has 20 heavy (non-hydrogen) atoms. The Balaban J connectivity index is 1.95. The summed E-state index contributed by atoms with van der Waals surface area (Å²) < 4.78 is 19.3. The van der Waals surface area contributed by atoms with Crippen LogP contribution in [0.15, 0.2) is 18.2 Å². The Morgan fingerprint density at radius 2 is 2.30 bits per heavy atom. The molecule has 0 radical (unpaired) electrons. The number of halogens is 1. The number of nitrogens with zero attached hydrogens (tertiary/aromatic N) is 1. The monoisotopic (exact) mass is 282 g/mol. The van der Waals surface area contributed by atoms with E-state index in [-0.39, 0.29) is 25.0 Å². The highest BCUT2D eigenvalue weighted by Gasteiger charge is 2.20. The molecule has 2 amide bonds. The van der Waals surface area contributed by atoms with Gasteiger partial charge in [0.25, 0.3) is 0 Å². The van der Waals surface area contributed by atoms with Gasteiger partial charge in [0, 0.05) is 25.3 Å². The number of urea groups is 1. The van der Waals surface area contributed by atoms with E-state index >= 15 is 0 Å². The molecule has 0 spiro atoms.